The van der Waals surface area contributed by atoms with Gasteiger partial charge in [0.25, 0.3) is 0 Å². The maximum absolute atomic E-state index is 13.0. The molecule has 23 heavy (non-hydrogen) atoms. The van der Waals surface area contributed by atoms with E-state index in [1.54, 1.807) is 7.11 Å². The molecule has 0 saturated heterocycles. The van der Waals surface area contributed by atoms with Crippen molar-refractivity contribution < 1.29 is 13.9 Å². The Morgan fingerprint density at radius 3 is 2.57 bits per heavy atom. The van der Waals surface area contributed by atoms with Crippen molar-refractivity contribution in [1.82, 2.24) is 4.90 Å². The highest BCUT2D eigenvalue weighted by atomic mass is 35.5. The average molecular weight is 337 g/mol. The molecule has 2 rings (SSSR count). The first-order valence-corrected chi connectivity index (χ1v) is 7.42. The Morgan fingerprint density at radius 2 is 1.96 bits per heavy atom. The van der Waals surface area contributed by atoms with Crippen LogP contribution in [-0.4, -0.2) is 31.5 Å². The second-order valence-electron chi connectivity index (χ2n) is 5.19. The van der Waals surface area contributed by atoms with Crippen molar-refractivity contribution in [2.75, 3.05) is 26.0 Å². The van der Waals surface area contributed by atoms with E-state index >= 15 is 0 Å². The number of hydrogen-bond donors (Lipinski definition) is 1. The molecule has 0 aliphatic heterocycles. The lowest BCUT2D eigenvalue weighted by molar-refractivity contribution is -0.117. The summed E-state index contributed by atoms with van der Waals surface area (Å²) >= 11 is 5.89. The third kappa shape index (κ3) is 5.23. The molecule has 0 spiro atoms. The molecule has 0 heterocycles. The van der Waals surface area contributed by atoms with E-state index in [4.69, 9.17) is 16.3 Å². The Kier molecular flexibility index (Phi) is 5.96. The summed E-state index contributed by atoms with van der Waals surface area (Å²) in [6.45, 7) is 0.814. The number of hydrogen-bond acceptors (Lipinski definition) is 3. The molecular weight excluding hydrogens is 319 g/mol. The summed E-state index contributed by atoms with van der Waals surface area (Å²) < 4.78 is 18.1. The summed E-state index contributed by atoms with van der Waals surface area (Å²) in [5.41, 5.74) is 1.47. The molecule has 0 radical (unpaired) electrons. The van der Waals surface area contributed by atoms with E-state index < -0.39 is 5.82 Å². The Balaban J connectivity index is 1.88. The third-order valence-corrected chi connectivity index (χ3v) is 3.54. The molecule has 2 aromatic rings. The number of ether oxygens (including phenoxy) is 1. The normalized spacial score (nSPS) is 10.7. The van der Waals surface area contributed by atoms with Crippen molar-refractivity contribution in [3.63, 3.8) is 0 Å². The van der Waals surface area contributed by atoms with Gasteiger partial charge in [-0.2, -0.15) is 0 Å². The van der Waals surface area contributed by atoms with Gasteiger partial charge in [-0.15, -0.1) is 0 Å². The molecule has 0 aromatic heterocycles. The van der Waals surface area contributed by atoms with Gasteiger partial charge in [0, 0.05) is 6.54 Å². The SMILES string of the molecule is COc1ccc(CN(C)CC(=O)Nc2ccc(F)cc2Cl)cc1. The van der Waals surface area contributed by atoms with Crippen molar-refractivity contribution >= 4 is 23.2 Å². The number of carbonyl (C=O) groups is 1. The highest BCUT2D eigenvalue weighted by molar-refractivity contribution is 6.33. The van der Waals surface area contributed by atoms with Crippen LogP contribution in [0.5, 0.6) is 5.75 Å². The van der Waals surface area contributed by atoms with Crippen LogP contribution >= 0.6 is 11.6 Å². The third-order valence-electron chi connectivity index (χ3n) is 3.23. The number of nitrogens with zero attached hydrogens (tertiary/aromatic N) is 1. The Bertz CT molecular complexity index is 677. The van der Waals surface area contributed by atoms with Gasteiger partial charge >= 0.3 is 0 Å². The van der Waals surface area contributed by atoms with Gasteiger partial charge in [-0.3, -0.25) is 9.69 Å². The van der Waals surface area contributed by atoms with Crippen molar-refractivity contribution in [3.05, 3.63) is 58.9 Å². The number of rotatable bonds is 6. The van der Waals surface area contributed by atoms with E-state index in [9.17, 15) is 9.18 Å². The predicted octanol–water partition coefficient (Wildman–Crippen LogP) is 3.56. The van der Waals surface area contributed by atoms with E-state index in [0.717, 1.165) is 17.4 Å². The molecule has 0 bridgehead atoms. The topological polar surface area (TPSA) is 41.6 Å². The molecule has 2 aromatic carbocycles. The maximum atomic E-state index is 13.0. The zero-order chi connectivity index (χ0) is 16.8. The lowest BCUT2D eigenvalue weighted by Crippen LogP contribution is -2.29. The van der Waals surface area contributed by atoms with Gasteiger partial charge in [-0.05, 0) is 42.9 Å². The van der Waals surface area contributed by atoms with Gasteiger partial charge in [-0.1, -0.05) is 23.7 Å². The van der Waals surface area contributed by atoms with Crippen LogP contribution in [0, 0.1) is 5.82 Å². The fourth-order valence-corrected chi connectivity index (χ4v) is 2.34. The number of nitrogens with one attached hydrogen (secondary N) is 1. The van der Waals surface area contributed by atoms with Crippen LogP contribution in [0.3, 0.4) is 0 Å². The molecule has 0 atom stereocenters. The number of likely N-dealkylation sites (N-methyl/N-ethyl adjacent to an activating group) is 1. The second kappa shape index (κ2) is 7.94. The van der Waals surface area contributed by atoms with Gasteiger partial charge in [-0.25, -0.2) is 4.39 Å². The smallest absolute Gasteiger partial charge is 0.238 e. The van der Waals surface area contributed by atoms with Crippen LogP contribution in [0.25, 0.3) is 0 Å². The van der Waals surface area contributed by atoms with E-state index in [1.807, 2.05) is 36.2 Å². The largest absolute Gasteiger partial charge is 0.497 e. The van der Waals surface area contributed by atoms with E-state index in [1.165, 1.54) is 12.1 Å². The van der Waals surface area contributed by atoms with Gasteiger partial charge < -0.3 is 10.1 Å². The lowest BCUT2D eigenvalue weighted by atomic mass is 10.2. The van der Waals surface area contributed by atoms with Crippen LogP contribution in [0.1, 0.15) is 5.56 Å². The molecule has 0 aliphatic rings. The quantitative estimate of drug-likeness (QED) is 0.877. The number of benzene rings is 2. The zero-order valence-corrected chi connectivity index (χ0v) is 13.7. The van der Waals surface area contributed by atoms with E-state index in [2.05, 4.69) is 5.32 Å². The molecule has 4 nitrogen and oxygen atoms in total. The number of anilines is 1. The molecule has 0 aliphatic carbocycles. The van der Waals surface area contributed by atoms with Gasteiger partial charge in [0.1, 0.15) is 11.6 Å². The van der Waals surface area contributed by atoms with Gasteiger partial charge in [0.15, 0.2) is 0 Å². The van der Waals surface area contributed by atoms with E-state index in [0.29, 0.717) is 12.2 Å². The maximum Gasteiger partial charge on any atom is 0.238 e. The van der Waals surface area contributed by atoms with Crippen LogP contribution in [0.15, 0.2) is 42.5 Å². The minimum Gasteiger partial charge on any atom is -0.497 e. The molecular formula is C17H18ClFN2O2. The predicted molar refractivity (Wildman–Crippen MR) is 89.4 cm³/mol. The fourth-order valence-electron chi connectivity index (χ4n) is 2.12. The number of carbonyl (C=O) groups excluding carboxylic acids is 1. The second-order valence-corrected chi connectivity index (χ2v) is 5.60. The summed E-state index contributed by atoms with van der Waals surface area (Å²) in [7, 11) is 3.46. The Morgan fingerprint density at radius 1 is 1.26 bits per heavy atom. The lowest BCUT2D eigenvalue weighted by Gasteiger charge is -2.17. The zero-order valence-electron chi connectivity index (χ0n) is 13.0. The molecule has 6 heteroatoms. The summed E-state index contributed by atoms with van der Waals surface area (Å²) in [5.74, 6) is 0.138. The summed E-state index contributed by atoms with van der Waals surface area (Å²) in [6.07, 6.45) is 0. The molecule has 0 unspecified atom stereocenters. The van der Waals surface area contributed by atoms with Gasteiger partial charge in [0.05, 0.1) is 24.4 Å². The van der Waals surface area contributed by atoms with Crippen LogP contribution in [0.2, 0.25) is 5.02 Å². The standard InChI is InChI=1S/C17H18ClFN2O2/c1-21(10-12-3-6-14(23-2)7-4-12)11-17(22)20-16-8-5-13(19)9-15(16)18/h3-9H,10-11H2,1-2H3,(H,20,22). The average Bonchev–Trinajstić information content (AvgIpc) is 2.50. The molecule has 0 fully saturated rings. The number of amides is 1. The van der Waals surface area contributed by atoms with Gasteiger partial charge in [0.2, 0.25) is 5.91 Å². The summed E-state index contributed by atoms with van der Waals surface area (Å²) in [5, 5.41) is 2.85. The summed E-state index contributed by atoms with van der Waals surface area (Å²) in [6, 6.07) is 11.5. The van der Waals surface area contributed by atoms with Crippen LogP contribution < -0.4 is 10.1 Å². The fraction of sp³-hybridized carbons (Fsp3) is 0.235. The minimum absolute atomic E-state index is 0.177. The molecule has 1 amide bonds. The number of halogens is 2. The first-order chi connectivity index (χ1) is 11.0. The molecule has 122 valence electrons. The van der Waals surface area contributed by atoms with Crippen LogP contribution in [-0.2, 0) is 11.3 Å². The Hall–Kier alpha value is -2.11. The van der Waals surface area contributed by atoms with Crippen molar-refractivity contribution in [2.45, 2.75) is 6.54 Å². The summed E-state index contributed by atoms with van der Waals surface area (Å²) in [4.78, 5) is 13.9. The molecule has 0 saturated carbocycles. The van der Waals surface area contributed by atoms with Crippen molar-refractivity contribution in [2.24, 2.45) is 0 Å². The van der Waals surface area contributed by atoms with Crippen molar-refractivity contribution in [1.29, 1.82) is 0 Å². The van der Waals surface area contributed by atoms with Crippen LogP contribution in [0.4, 0.5) is 10.1 Å². The minimum atomic E-state index is -0.440. The first kappa shape index (κ1) is 17.2. The van der Waals surface area contributed by atoms with E-state index in [-0.39, 0.29) is 17.5 Å². The Labute approximate surface area is 139 Å². The highest BCUT2D eigenvalue weighted by Gasteiger charge is 2.10. The monoisotopic (exact) mass is 336 g/mol. The molecule has 1 N–H and O–H groups in total. The number of methoxy groups -OCH3 is 1. The van der Waals surface area contributed by atoms with Crippen molar-refractivity contribution in [3.8, 4) is 5.75 Å². The first-order valence-electron chi connectivity index (χ1n) is 7.04. The highest BCUT2D eigenvalue weighted by Crippen LogP contribution is 2.22.